The minimum absolute atomic E-state index is 0.147. The van der Waals surface area contributed by atoms with Crippen molar-refractivity contribution in [2.24, 2.45) is 0 Å². The molecule has 1 amide bonds. The van der Waals surface area contributed by atoms with Gasteiger partial charge in [0.25, 0.3) is 5.91 Å². The summed E-state index contributed by atoms with van der Waals surface area (Å²) in [5, 5.41) is 18.7. The third kappa shape index (κ3) is 2.23. The monoisotopic (exact) mass is 286 g/mol. The minimum Gasteiger partial charge on any atom is -0.388 e. The van der Waals surface area contributed by atoms with Gasteiger partial charge >= 0.3 is 0 Å². The van der Waals surface area contributed by atoms with Crippen LogP contribution in [0, 0.1) is 0 Å². The highest BCUT2D eigenvalue weighted by atomic mass is 79.9. The zero-order chi connectivity index (χ0) is 11.7. The van der Waals surface area contributed by atoms with Crippen molar-refractivity contribution >= 4 is 21.8 Å². The maximum atomic E-state index is 11.9. The number of hydrogen-bond donors (Lipinski definition) is 2. The van der Waals surface area contributed by atoms with E-state index in [1.807, 2.05) is 0 Å². The van der Waals surface area contributed by atoms with Gasteiger partial charge in [-0.15, -0.1) is 0 Å². The first-order valence-electron chi connectivity index (χ1n) is 4.86. The van der Waals surface area contributed by atoms with Crippen LogP contribution in [-0.2, 0) is 0 Å². The molecule has 5 nitrogen and oxygen atoms in total. The highest BCUT2D eigenvalue weighted by Gasteiger charge is 2.33. The summed E-state index contributed by atoms with van der Waals surface area (Å²) in [4.78, 5) is 17.3. The molecule has 0 aliphatic carbocycles. The number of pyridine rings is 1. The lowest BCUT2D eigenvalue weighted by atomic mass is 10.3. The standard InChI is InChI=1S/C10H11BrN2O3/c11-9-3-1-2-6(12-9)10(16)13-4-7(14)8(15)5-13/h1-3,7-8,14-15H,4-5H2/t7-,8+. The van der Waals surface area contributed by atoms with Crippen LogP contribution in [0.5, 0.6) is 0 Å². The molecule has 2 heterocycles. The van der Waals surface area contributed by atoms with E-state index in [-0.39, 0.29) is 19.0 Å². The average Bonchev–Trinajstić information content (AvgIpc) is 2.58. The molecule has 86 valence electrons. The summed E-state index contributed by atoms with van der Waals surface area (Å²) >= 11 is 3.18. The van der Waals surface area contributed by atoms with Crippen molar-refractivity contribution in [3.05, 3.63) is 28.5 Å². The molecular weight excluding hydrogens is 276 g/mol. The van der Waals surface area contributed by atoms with Gasteiger partial charge in [0, 0.05) is 13.1 Å². The molecule has 16 heavy (non-hydrogen) atoms. The van der Waals surface area contributed by atoms with Crippen LogP contribution < -0.4 is 0 Å². The summed E-state index contributed by atoms with van der Waals surface area (Å²) in [6.45, 7) is 0.294. The van der Waals surface area contributed by atoms with Gasteiger partial charge in [0.2, 0.25) is 0 Å². The quantitative estimate of drug-likeness (QED) is 0.714. The first-order chi connectivity index (χ1) is 7.58. The number of β-amino-alcohol motifs (C(OH)–C–C–N with tert-alkyl or cyclic N) is 2. The Labute approximate surface area is 101 Å². The number of aliphatic hydroxyl groups is 2. The van der Waals surface area contributed by atoms with E-state index < -0.39 is 12.2 Å². The lowest BCUT2D eigenvalue weighted by molar-refractivity contribution is 0.0572. The summed E-state index contributed by atoms with van der Waals surface area (Å²) in [5.74, 6) is -0.281. The fourth-order valence-corrected chi connectivity index (χ4v) is 1.97. The van der Waals surface area contributed by atoms with Gasteiger partial charge in [-0.2, -0.15) is 0 Å². The van der Waals surface area contributed by atoms with Gasteiger partial charge in [-0.05, 0) is 28.1 Å². The minimum atomic E-state index is -0.865. The number of aliphatic hydroxyl groups excluding tert-OH is 2. The van der Waals surface area contributed by atoms with Crippen LogP contribution in [0.1, 0.15) is 10.5 Å². The zero-order valence-electron chi connectivity index (χ0n) is 8.38. The number of nitrogens with zero attached hydrogens (tertiary/aromatic N) is 2. The van der Waals surface area contributed by atoms with Crippen LogP contribution in [0.15, 0.2) is 22.8 Å². The van der Waals surface area contributed by atoms with Crippen LogP contribution in [0.3, 0.4) is 0 Å². The molecule has 2 N–H and O–H groups in total. The number of hydrogen-bond acceptors (Lipinski definition) is 4. The fraction of sp³-hybridized carbons (Fsp3) is 0.400. The van der Waals surface area contributed by atoms with E-state index in [1.165, 1.54) is 4.90 Å². The molecule has 0 saturated carbocycles. The molecule has 1 aromatic rings. The normalized spacial score (nSPS) is 24.8. The van der Waals surface area contributed by atoms with E-state index in [1.54, 1.807) is 18.2 Å². The molecule has 1 saturated heterocycles. The molecule has 1 aliphatic rings. The Kier molecular flexibility index (Phi) is 3.22. The van der Waals surface area contributed by atoms with Crippen molar-refractivity contribution in [3.8, 4) is 0 Å². The second-order valence-corrected chi connectivity index (χ2v) is 4.50. The first kappa shape index (κ1) is 11.5. The van der Waals surface area contributed by atoms with Crippen molar-refractivity contribution < 1.29 is 15.0 Å². The van der Waals surface area contributed by atoms with E-state index in [9.17, 15) is 15.0 Å². The first-order valence-corrected chi connectivity index (χ1v) is 5.65. The maximum Gasteiger partial charge on any atom is 0.272 e. The molecule has 0 aromatic carbocycles. The van der Waals surface area contributed by atoms with E-state index >= 15 is 0 Å². The number of rotatable bonds is 1. The van der Waals surface area contributed by atoms with Gasteiger partial charge in [0.05, 0.1) is 12.2 Å². The number of carbonyl (C=O) groups excluding carboxylic acids is 1. The number of aromatic nitrogens is 1. The van der Waals surface area contributed by atoms with Crippen molar-refractivity contribution in [1.82, 2.24) is 9.88 Å². The van der Waals surface area contributed by atoms with Crippen LogP contribution in [0.2, 0.25) is 0 Å². The maximum absolute atomic E-state index is 11.9. The lowest BCUT2D eigenvalue weighted by Crippen LogP contribution is -2.30. The molecule has 6 heteroatoms. The highest BCUT2D eigenvalue weighted by Crippen LogP contribution is 2.14. The third-order valence-electron chi connectivity index (χ3n) is 2.48. The molecule has 2 atom stereocenters. The van der Waals surface area contributed by atoms with Gasteiger partial charge in [0.1, 0.15) is 10.3 Å². The molecule has 0 radical (unpaired) electrons. The Morgan fingerprint density at radius 3 is 2.56 bits per heavy atom. The fourth-order valence-electron chi connectivity index (χ4n) is 1.62. The van der Waals surface area contributed by atoms with Gasteiger partial charge in [-0.3, -0.25) is 4.79 Å². The molecule has 0 unspecified atom stereocenters. The Balaban J connectivity index is 2.14. The van der Waals surface area contributed by atoms with Crippen molar-refractivity contribution in [2.45, 2.75) is 12.2 Å². The van der Waals surface area contributed by atoms with Crippen molar-refractivity contribution in [1.29, 1.82) is 0 Å². The van der Waals surface area contributed by atoms with Gasteiger partial charge in [-0.1, -0.05) is 6.07 Å². The lowest BCUT2D eigenvalue weighted by Gasteiger charge is -2.14. The molecule has 1 aromatic heterocycles. The van der Waals surface area contributed by atoms with Crippen LogP contribution in [0.4, 0.5) is 0 Å². The second kappa shape index (κ2) is 4.48. The summed E-state index contributed by atoms with van der Waals surface area (Å²) in [7, 11) is 0. The van der Waals surface area contributed by atoms with Crippen LogP contribution >= 0.6 is 15.9 Å². The Bertz CT molecular complexity index is 403. The Morgan fingerprint density at radius 1 is 1.38 bits per heavy atom. The van der Waals surface area contributed by atoms with Crippen LogP contribution in [-0.4, -0.2) is 51.3 Å². The van der Waals surface area contributed by atoms with E-state index in [4.69, 9.17) is 0 Å². The highest BCUT2D eigenvalue weighted by molar-refractivity contribution is 9.10. The number of carbonyl (C=O) groups is 1. The number of halogens is 1. The summed E-state index contributed by atoms with van der Waals surface area (Å²) in [6, 6.07) is 5.04. The van der Waals surface area contributed by atoms with Crippen LogP contribution in [0.25, 0.3) is 0 Å². The van der Waals surface area contributed by atoms with Crippen molar-refractivity contribution in [2.75, 3.05) is 13.1 Å². The Morgan fingerprint density at radius 2 is 2.00 bits per heavy atom. The topological polar surface area (TPSA) is 73.7 Å². The summed E-state index contributed by atoms with van der Waals surface area (Å²) < 4.78 is 0.582. The molecule has 1 fully saturated rings. The molecular formula is C10H11BrN2O3. The molecule has 1 aliphatic heterocycles. The largest absolute Gasteiger partial charge is 0.388 e. The number of likely N-dealkylation sites (tertiary alicyclic amines) is 1. The second-order valence-electron chi connectivity index (χ2n) is 3.69. The molecule has 2 rings (SSSR count). The molecule has 0 bridgehead atoms. The predicted molar refractivity (Wildman–Crippen MR) is 59.9 cm³/mol. The molecule has 0 spiro atoms. The number of amides is 1. The van der Waals surface area contributed by atoms with E-state index in [0.29, 0.717) is 10.3 Å². The third-order valence-corrected chi connectivity index (χ3v) is 2.92. The zero-order valence-corrected chi connectivity index (χ0v) is 9.96. The SMILES string of the molecule is O=C(c1cccc(Br)n1)N1C[C@@H](O)[C@@H](O)C1. The van der Waals surface area contributed by atoms with Gasteiger partial charge in [-0.25, -0.2) is 4.98 Å². The smallest absolute Gasteiger partial charge is 0.272 e. The average molecular weight is 287 g/mol. The predicted octanol–water partition coefficient (Wildman–Crippen LogP) is 0.0217. The van der Waals surface area contributed by atoms with E-state index in [2.05, 4.69) is 20.9 Å². The summed E-state index contributed by atoms with van der Waals surface area (Å²) in [5.41, 5.74) is 0.302. The van der Waals surface area contributed by atoms with Gasteiger partial charge < -0.3 is 15.1 Å². The van der Waals surface area contributed by atoms with E-state index in [0.717, 1.165) is 0 Å². The van der Waals surface area contributed by atoms with Gasteiger partial charge in [0.15, 0.2) is 0 Å². The van der Waals surface area contributed by atoms with Crippen molar-refractivity contribution in [3.63, 3.8) is 0 Å². The Hall–Kier alpha value is -0.980. The summed E-state index contributed by atoms with van der Waals surface area (Å²) in [6.07, 6.45) is -1.73.